The van der Waals surface area contributed by atoms with Crippen LogP contribution in [-0.2, 0) is 27.1 Å². The minimum absolute atomic E-state index is 0.127. The van der Waals surface area contributed by atoms with Gasteiger partial charge in [0.1, 0.15) is 24.8 Å². The average Bonchev–Trinajstić information content (AvgIpc) is 3.95. The number of benzene rings is 3. The topological polar surface area (TPSA) is 168 Å². The molecule has 5 aliphatic rings. The fourth-order valence-corrected chi connectivity index (χ4v) is 12.9. The van der Waals surface area contributed by atoms with Gasteiger partial charge < -0.3 is 39.5 Å². The molecule has 69 heavy (non-hydrogen) atoms. The lowest BCUT2D eigenvalue weighted by Gasteiger charge is -2.44. The van der Waals surface area contributed by atoms with E-state index in [4.69, 9.17) is 9.72 Å². The normalized spacial score (nSPS) is 20.7. The summed E-state index contributed by atoms with van der Waals surface area (Å²) in [6.07, 6.45) is 8.27. The van der Waals surface area contributed by atoms with Crippen LogP contribution in [0.4, 0.5) is 34.5 Å². The van der Waals surface area contributed by atoms with Crippen molar-refractivity contribution in [3.05, 3.63) is 88.2 Å². The van der Waals surface area contributed by atoms with Gasteiger partial charge in [0, 0.05) is 118 Å². The van der Waals surface area contributed by atoms with Crippen molar-refractivity contribution < 1.29 is 23.7 Å². The minimum Gasteiger partial charge on any atom is -0.494 e. The lowest BCUT2D eigenvalue weighted by molar-refractivity contribution is -0.136. The average molecular weight is 1020 g/mol. The number of aryl methyl sites for hydroxylation is 1. The summed E-state index contributed by atoms with van der Waals surface area (Å²) in [7, 11) is -1.02. The fraction of sp³-hybridized carbons (Fsp3) is 0.451. The lowest BCUT2D eigenvalue weighted by Crippen LogP contribution is -2.54. The van der Waals surface area contributed by atoms with Crippen LogP contribution in [0, 0.1) is 5.92 Å². The van der Waals surface area contributed by atoms with Crippen molar-refractivity contribution in [2.24, 2.45) is 5.92 Å². The number of carbonyl (C=O) groups is 3. The highest BCUT2D eigenvalue weighted by Crippen LogP contribution is 2.42. The van der Waals surface area contributed by atoms with Crippen LogP contribution in [0.25, 0.3) is 10.9 Å². The van der Waals surface area contributed by atoms with Crippen molar-refractivity contribution in [3.8, 4) is 5.75 Å². The predicted octanol–water partition coefficient (Wildman–Crippen LogP) is 6.97. The summed E-state index contributed by atoms with van der Waals surface area (Å²) in [5.74, 6) is 1.44. The van der Waals surface area contributed by atoms with Crippen molar-refractivity contribution in [1.29, 1.82) is 0 Å². The molecule has 4 saturated heterocycles. The molecule has 7 heterocycles. The molecule has 4 fully saturated rings. The number of fused-ring (bicyclic) bond motifs is 2. The van der Waals surface area contributed by atoms with Crippen LogP contribution in [0.2, 0.25) is 0 Å². The van der Waals surface area contributed by atoms with Gasteiger partial charge in [0.05, 0.1) is 34.7 Å². The highest BCUT2D eigenvalue weighted by molar-refractivity contribution is 9.10. The van der Waals surface area contributed by atoms with Crippen molar-refractivity contribution >= 4 is 91.5 Å². The Morgan fingerprint density at radius 1 is 0.870 bits per heavy atom. The number of nitrogens with zero attached hydrogens (tertiary/aromatic N) is 8. The van der Waals surface area contributed by atoms with Crippen molar-refractivity contribution in [2.75, 3.05) is 99.8 Å². The number of hydrogen-bond donors (Lipinski definition) is 3. The molecule has 3 amide bonds. The second kappa shape index (κ2) is 19.6. The summed E-state index contributed by atoms with van der Waals surface area (Å²) < 4.78 is 20.2. The zero-order chi connectivity index (χ0) is 48.0. The largest absolute Gasteiger partial charge is 0.494 e. The summed E-state index contributed by atoms with van der Waals surface area (Å²) >= 11 is 3.62. The fourth-order valence-electron chi connectivity index (χ4n) is 11.1. The first-order chi connectivity index (χ1) is 33.3. The van der Waals surface area contributed by atoms with Gasteiger partial charge in [0.15, 0.2) is 0 Å². The standard InChI is InChI=1S/C51H61BrN11O5P/c1-5-33-25-41(56-51-54-27-39(52)48(58-51)55-42-28-53-40-9-7-6-8-38(40)47(42)69(3,4)67)45(68-2)26-44(33)61-18-15-35(16-19-61)60-22-20-59(21-23-60)29-32-14-17-62(30-32)36-10-11-37-34(24-36)31-63(50(37)66)43-12-13-46(64)57-49(43)65/h6-11,24-28,32,35,43H,5,12-23,29-31H2,1-4H3,(H,57,64,65)(H2,54,55,56,58)/t32-,43?/m1/s1. The van der Waals surface area contributed by atoms with E-state index in [1.807, 2.05) is 30.3 Å². The Labute approximate surface area is 412 Å². The number of methoxy groups -OCH3 is 1. The third-order valence-corrected chi connectivity index (χ3v) is 16.9. The Morgan fingerprint density at radius 2 is 1.65 bits per heavy atom. The molecule has 5 aliphatic heterocycles. The van der Waals surface area contributed by atoms with Gasteiger partial charge in [-0.1, -0.05) is 25.1 Å². The molecule has 3 aromatic carbocycles. The predicted molar refractivity (Wildman–Crippen MR) is 276 cm³/mol. The number of hydrogen-bond acceptors (Lipinski definition) is 14. The zero-order valence-electron chi connectivity index (χ0n) is 39.8. The summed E-state index contributed by atoms with van der Waals surface area (Å²) in [6, 6.07) is 18.1. The van der Waals surface area contributed by atoms with Crippen molar-refractivity contribution in [2.45, 2.75) is 64.1 Å². The van der Waals surface area contributed by atoms with Crippen molar-refractivity contribution in [1.82, 2.24) is 35.0 Å². The van der Waals surface area contributed by atoms with Crippen molar-refractivity contribution in [3.63, 3.8) is 0 Å². The van der Waals surface area contributed by atoms with Gasteiger partial charge in [-0.15, -0.1) is 0 Å². The van der Waals surface area contributed by atoms with E-state index < -0.39 is 13.2 Å². The number of nitrogens with one attached hydrogen (secondary N) is 3. The van der Waals surface area contributed by atoms with Gasteiger partial charge >= 0.3 is 0 Å². The minimum atomic E-state index is -2.71. The maximum Gasteiger partial charge on any atom is 0.255 e. The molecule has 2 aromatic heterocycles. The molecule has 18 heteroatoms. The number of pyridine rings is 1. The number of piperazine rings is 1. The third-order valence-electron chi connectivity index (χ3n) is 14.7. The first-order valence-corrected chi connectivity index (χ1v) is 27.7. The summed E-state index contributed by atoms with van der Waals surface area (Å²) in [4.78, 5) is 63.5. The number of imide groups is 1. The molecule has 0 radical (unpaired) electrons. The van der Waals surface area contributed by atoms with Gasteiger partial charge in [-0.25, -0.2) is 4.98 Å². The van der Waals surface area contributed by atoms with E-state index in [0.29, 0.717) is 58.2 Å². The molecule has 0 spiro atoms. The molecular formula is C51H61BrN11O5P. The SMILES string of the molecule is CCc1cc(Nc2ncc(Br)c(Nc3cnc4ccccc4c3P(C)(C)=O)n2)c(OC)cc1N1CCC(N2CCN(C[C@H]3CCN(c4ccc5c(c4)CN(C4CCC(=O)NC4=O)C5=O)C3)CC2)CC1. The van der Waals surface area contributed by atoms with Gasteiger partial charge in [-0.05, 0) is 109 Å². The van der Waals surface area contributed by atoms with Crippen LogP contribution >= 0.6 is 23.1 Å². The molecule has 362 valence electrons. The molecule has 0 saturated carbocycles. The van der Waals surface area contributed by atoms with Gasteiger partial charge in [-0.2, -0.15) is 4.98 Å². The summed E-state index contributed by atoms with van der Waals surface area (Å²) in [5.41, 5.74) is 7.39. The summed E-state index contributed by atoms with van der Waals surface area (Å²) in [5, 5.41) is 10.8. The van der Waals surface area contributed by atoms with Crippen LogP contribution in [0.3, 0.4) is 0 Å². The van der Waals surface area contributed by atoms with Gasteiger partial charge in [0.2, 0.25) is 17.8 Å². The molecule has 16 nitrogen and oxygen atoms in total. The maximum atomic E-state index is 13.6. The second-order valence-electron chi connectivity index (χ2n) is 19.5. The second-order valence-corrected chi connectivity index (χ2v) is 23.5. The Bertz CT molecular complexity index is 2840. The maximum absolute atomic E-state index is 13.6. The van der Waals surface area contributed by atoms with Gasteiger partial charge in [0.25, 0.3) is 5.91 Å². The summed E-state index contributed by atoms with van der Waals surface area (Å²) in [6.45, 7) is 15.5. The number of halogens is 1. The first kappa shape index (κ1) is 47.1. The highest BCUT2D eigenvalue weighted by atomic mass is 79.9. The molecule has 3 N–H and O–H groups in total. The number of carbonyl (C=O) groups excluding carboxylic acids is 3. The molecule has 1 unspecified atom stereocenters. The van der Waals surface area contributed by atoms with Crippen LogP contribution in [-0.4, -0.2) is 139 Å². The Kier molecular flexibility index (Phi) is 13.4. The number of amides is 3. The number of aromatic nitrogens is 3. The molecule has 10 rings (SSSR count). The van der Waals surface area contributed by atoms with E-state index in [1.54, 1.807) is 37.7 Å². The molecule has 2 atom stereocenters. The van der Waals surface area contributed by atoms with E-state index in [2.05, 4.69) is 92.6 Å². The van der Waals surface area contributed by atoms with E-state index in [1.165, 1.54) is 11.3 Å². The van der Waals surface area contributed by atoms with Crippen LogP contribution in [0.1, 0.15) is 60.5 Å². The smallest absolute Gasteiger partial charge is 0.255 e. The monoisotopic (exact) mass is 1020 g/mol. The Hall–Kier alpha value is -5.61. The number of rotatable bonds is 13. The van der Waals surface area contributed by atoms with E-state index in [9.17, 15) is 18.9 Å². The first-order valence-electron chi connectivity index (χ1n) is 24.3. The van der Waals surface area contributed by atoms with Crippen LogP contribution < -0.4 is 35.8 Å². The quantitative estimate of drug-likeness (QED) is 0.0817. The Balaban J connectivity index is 0.718. The molecular weight excluding hydrogens is 958 g/mol. The molecule has 0 bridgehead atoms. The van der Waals surface area contributed by atoms with Crippen LogP contribution in [0.5, 0.6) is 5.75 Å². The van der Waals surface area contributed by atoms with Gasteiger partial charge in [-0.3, -0.25) is 29.6 Å². The van der Waals surface area contributed by atoms with Crippen LogP contribution in [0.15, 0.2) is 71.5 Å². The van der Waals surface area contributed by atoms with E-state index >= 15 is 0 Å². The number of ether oxygens (including phenoxy) is 1. The third kappa shape index (κ3) is 9.80. The molecule has 0 aliphatic carbocycles. The Morgan fingerprint density at radius 3 is 2.41 bits per heavy atom. The zero-order valence-corrected chi connectivity index (χ0v) is 42.3. The van der Waals surface area contributed by atoms with E-state index in [0.717, 1.165) is 118 Å². The molecule has 5 aromatic rings. The lowest BCUT2D eigenvalue weighted by atomic mass is 9.99. The number of piperidine rings is 2. The number of anilines is 6. The van der Waals surface area contributed by atoms with E-state index in [-0.39, 0.29) is 24.1 Å². The number of para-hydroxylation sites is 1. The highest BCUT2D eigenvalue weighted by Gasteiger charge is 2.40.